The van der Waals surface area contributed by atoms with Crippen molar-refractivity contribution in [2.24, 2.45) is 0 Å². The molecular weight excluding hydrogens is 389 g/mol. The van der Waals surface area contributed by atoms with E-state index in [0.717, 1.165) is 0 Å². The van der Waals surface area contributed by atoms with E-state index in [1.165, 1.54) is 19.2 Å². The van der Waals surface area contributed by atoms with Crippen molar-refractivity contribution in [3.8, 4) is 11.5 Å². The predicted octanol–water partition coefficient (Wildman–Crippen LogP) is 4.15. The number of para-hydroxylation sites is 1. The monoisotopic (exact) mass is 405 g/mol. The third kappa shape index (κ3) is 2.90. The fourth-order valence-corrected chi connectivity index (χ4v) is 3.41. The molecule has 0 fully saturated rings. The van der Waals surface area contributed by atoms with Gasteiger partial charge in [0, 0.05) is 6.54 Å². The first-order chi connectivity index (χ1) is 13.5. The lowest BCUT2D eigenvalue weighted by Gasteiger charge is -2.21. The molecular formula is C19H17ClFN3O4. The molecule has 0 atom stereocenters. The number of hydrogen-bond donors (Lipinski definition) is 1. The fourth-order valence-electron chi connectivity index (χ4n) is 3.20. The molecule has 4 rings (SSSR count). The number of aryl methyl sites for hydroxylation is 1. The fraction of sp³-hybridized carbons (Fsp3) is 0.263. The molecule has 0 saturated heterocycles. The Morgan fingerprint density at radius 1 is 1.36 bits per heavy atom. The minimum atomic E-state index is -0.554. The van der Waals surface area contributed by atoms with Crippen LogP contribution in [-0.2, 0) is 11.3 Å². The Hall–Kier alpha value is -3.00. The van der Waals surface area contributed by atoms with Gasteiger partial charge < -0.3 is 24.1 Å². The second-order valence-corrected chi connectivity index (χ2v) is 6.45. The number of nitrogens with zero attached hydrogens (tertiary/aromatic N) is 2. The molecule has 0 unspecified atom stereocenters. The van der Waals surface area contributed by atoms with Crippen molar-refractivity contribution in [2.75, 3.05) is 25.6 Å². The number of anilines is 2. The van der Waals surface area contributed by atoms with E-state index in [9.17, 15) is 9.18 Å². The van der Waals surface area contributed by atoms with Crippen molar-refractivity contribution in [2.45, 2.75) is 13.5 Å². The maximum Gasteiger partial charge on any atom is 0.341 e. The van der Waals surface area contributed by atoms with Crippen LogP contribution in [0.15, 0.2) is 24.3 Å². The van der Waals surface area contributed by atoms with Crippen LogP contribution in [0.4, 0.5) is 16.0 Å². The van der Waals surface area contributed by atoms with Gasteiger partial charge in [0.2, 0.25) is 5.95 Å². The minimum absolute atomic E-state index is 0.119. The number of methoxy groups -OCH3 is 1. The summed E-state index contributed by atoms with van der Waals surface area (Å²) in [6, 6.07) is 5.99. The van der Waals surface area contributed by atoms with E-state index in [0.29, 0.717) is 48.2 Å². The van der Waals surface area contributed by atoms with Gasteiger partial charge in [-0.2, -0.15) is 0 Å². The van der Waals surface area contributed by atoms with Gasteiger partial charge in [-0.05, 0) is 25.1 Å². The molecule has 0 bridgehead atoms. The molecule has 28 heavy (non-hydrogen) atoms. The Kier molecular flexibility index (Phi) is 4.72. The van der Waals surface area contributed by atoms with E-state index in [1.54, 1.807) is 12.1 Å². The van der Waals surface area contributed by atoms with E-state index in [-0.39, 0.29) is 16.3 Å². The first-order valence-corrected chi connectivity index (χ1v) is 9.05. The molecule has 7 nitrogen and oxygen atoms in total. The van der Waals surface area contributed by atoms with Crippen LogP contribution in [0.3, 0.4) is 0 Å². The third-order valence-electron chi connectivity index (χ3n) is 4.44. The lowest BCUT2D eigenvalue weighted by atomic mass is 10.1. The van der Waals surface area contributed by atoms with E-state index in [2.05, 4.69) is 10.3 Å². The van der Waals surface area contributed by atoms with Crippen LogP contribution in [0.1, 0.15) is 17.3 Å². The summed E-state index contributed by atoms with van der Waals surface area (Å²) in [6.07, 6.45) is 0. The summed E-state index contributed by atoms with van der Waals surface area (Å²) in [4.78, 5) is 16.7. The van der Waals surface area contributed by atoms with E-state index >= 15 is 0 Å². The zero-order valence-electron chi connectivity index (χ0n) is 15.2. The number of rotatable bonds is 4. The zero-order valence-corrected chi connectivity index (χ0v) is 16.0. The summed E-state index contributed by atoms with van der Waals surface area (Å²) >= 11 is 6.13. The number of imidazole rings is 1. The van der Waals surface area contributed by atoms with Gasteiger partial charge in [-0.1, -0.05) is 17.7 Å². The van der Waals surface area contributed by atoms with Crippen molar-refractivity contribution in [3.05, 3.63) is 40.7 Å². The number of carbonyl (C=O) groups excluding carboxylic acids is 1. The lowest BCUT2D eigenvalue weighted by Crippen LogP contribution is -2.19. The maximum atomic E-state index is 14.2. The molecule has 146 valence electrons. The van der Waals surface area contributed by atoms with E-state index < -0.39 is 11.8 Å². The molecule has 9 heteroatoms. The highest BCUT2D eigenvalue weighted by Gasteiger charge is 2.28. The minimum Gasteiger partial charge on any atom is -0.485 e. The normalized spacial score (nSPS) is 12.9. The Labute approximate surface area is 165 Å². The Morgan fingerprint density at radius 2 is 2.11 bits per heavy atom. The average Bonchev–Trinajstić information content (AvgIpc) is 3.07. The Morgan fingerprint density at radius 3 is 2.79 bits per heavy atom. The van der Waals surface area contributed by atoms with Crippen LogP contribution in [-0.4, -0.2) is 35.8 Å². The number of esters is 1. The van der Waals surface area contributed by atoms with Crippen molar-refractivity contribution in [1.29, 1.82) is 0 Å². The lowest BCUT2D eigenvalue weighted by molar-refractivity contribution is 0.0591. The molecule has 0 aliphatic carbocycles. The number of fused-ring (bicyclic) bond motifs is 3. The largest absolute Gasteiger partial charge is 0.485 e. The van der Waals surface area contributed by atoms with Crippen LogP contribution in [0.2, 0.25) is 5.02 Å². The standard InChI is InChI=1S/C19H17ClFN3O4/c1-3-24-15-13(22-19(24)23-14-11(20)5-4-6-12(14)21)9-10(18(25)26-2)16-17(15)28-8-7-27-16/h4-6,9H,3,7-8H2,1-2H3,(H,22,23). The van der Waals surface area contributed by atoms with Gasteiger partial charge in [0.1, 0.15) is 30.1 Å². The maximum absolute atomic E-state index is 14.2. The molecule has 3 aromatic rings. The van der Waals surface area contributed by atoms with Crippen molar-refractivity contribution < 1.29 is 23.4 Å². The van der Waals surface area contributed by atoms with Gasteiger partial charge in [0.25, 0.3) is 0 Å². The van der Waals surface area contributed by atoms with Gasteiger partial charge in [-0.15, -0.1) is 0 Å². The topological polar surface area (TPSA) is 74.6 Å². The van der Waals surface area contributed by atoms with Gasteiger partial charge in [-0.3, -0.25) is 0 Å². The summed E-state index contributed by atoms with van der Waals surface area (Å²) in [6.45, 7) is 3.08. The number of nitrogens with one attached hydrogen (secondary N) is 1. The second kappa shape index (κ2) is 7.20. The molecule has 0 amide bonds. The number of halogens is 2. The number of carbonyl (C=O) groups is 1. The number of ether oxygens (including phenoxy) is 3. The van der Waals surface area contributed by atoms with Gasteiger partial charge in [-0.25, -0.2) is 14.2 Å². The second-order valence-electron chi connectivity index (χ2n) is 6.04. The van der Waals surface area contributed by atoms with E-state index in [4.69, 9.17) is 25.8 Å². The highest BCUT2D eigenvalue weighted by Crippen LogP contribution is 2.43. The highest BCUT2D eigenvalue weighted by atomic mass is 35.5. The quantitative estimate of drug-likeness (QED) is 0.657. The molecule has 2 heterocycles. The molecule has 1 aliphatic heterocycles. The van der Waals surface area contributed by atoms with Gasteiger partial charge in [0.05, 0.1) is 23.3 Å². The Balaban J connectivity index is 1.93. The van der Waals surface area contributed by atoms with Crippen LogP contribution < -0.4 is 14.8 Å². The first kappa shape index (κ1) is 18.4. The van der Waals surface area contributed by atoms with Crippen LogP contribution in [0.25, 0.3) is 11.0 Å². The number of benzene rings is 2. The molecule has 0 spiro atoms. The molecule has 0 radical (unpaired) electrons. The highest BCUT2D eigenvalue weighted by molar-refractivity contribution is 6.33. The third-order valence-corrected chi connectivity index (χ3v) is 4.75. The van der Waals surface area contributed by atoms with Crippen LogP contribution in [0.5, 0.6) is 11.5 Å². The molecule has 1 N–H and O–H groups in total. The SMILES string of the molecule is CCn1c(Nc2c(F)cccc2Cl)nc2cc(C(=O)OC)c3c(c21)OCCO3. The van der Waals surface area contributed by atoms with Crippen LogP contribution in [0, 0.1) is 5.82 Å². The summed E-state index contributed by atoms with van der Waals surface area (Å²) < 4.78 is 32.4. The summed E-state index contributed by atoms with van der Waals surface area (Å²) in [5, 5.41) is 3.18. The zero-order chi connectivity index (χ0) is 19.8. The van der Waals surface area contributed by atoms with Crippen molar-refractivity contribution >= 4 is 40.2 Å². The smallest absolute Gasteiger partial charge is 0.341 e. The van der Waals surface area contributed by atoms with Gasteiger partial charge in [0.15, 0.2) is 11.5 Å². The van der Waals surface area contributed by atoms with Gasteiger partial charge >= 0.3 is 5.97 Å². The van der Waals surface area contributed by atoms with E-state index in [1.807, 2.05) is 11.5 Å². The molecule has 1 aliphatic rings. The predicted molar refractivity (Wildman–Crippen MR) is 102 cm³/mol. The Bertz CT molecular complexity index is 1060. The first-order valence-electron chi connectivity index (χ1n) is 8.67. The number of aromatic nitrogens is 2. The average molecular weight is 406 g/mol. The summed E-state index contributed by atoms with van der Waals surface area (Å²) in [5.74, 6) is 0.0326. The summed E-state index contributed by atoms with van der Waals surface area (Å²) in [7, 11) is 1.29. The molecule has 1 aromatic heterocycles. The number of hydrogen-bond acceptors (Lipinski definition) is 6. The van der Waals surface area contributed by atoms with Crippen LogP contribution >= 0.6 is 11.6 Å². The molecule has 0 saturated carbocycles. The summed E-state index contributed by atoms with van der Waals surface area (Å²) in [5.41, 5.74) is 1.47. The van der Waals surface area contributed by atoms with Crippen molar-refractivity contribution in [3.63, 3.8) is 0 Å². The van der Waals surface area contributed by atoms with Crippen molar-refractivity contribution in [1.82, 2.24) is 9.55 Å². The molecule has 2 aromatic carbocycles.